The summed E-state index contributed by atoms with van der Waals surface area (Å²) in [4.78, 5) is 39.2. The molecule has 3 heterocycles. The van der Waals surface area contributed by atoms with Crippen LogP contribution in [-0.4, -0.2) is 102 Å². The van der Waals surface area contributed by atoms with Gasteiger partial charge in [0.05, 0.1) is 5.69 Å². The average Bonchev–Trinajstić information content (AvgIpc) is 3.13. The van der Waals surface area contributed by atoms with E-state index in [1.165, 1.54) is 11.1 Å². The maximum atomic E-state index is 13.2. The highest BCUT2D eigenvalue weighted by molar-refractivity contribution is 5.94. The van der Waals surface area contributed by atoms with Gasteiger partial charge in [0.2, 0.25) is 0 Å². The molecule has 2 aliphatic rings. The molecule has 1 N–H and O–H groups in total. The number of carbonyl (C=O) groups is 2. The first kappa shape index (κ1) is 33.3. The Morgan fingerprint density at radius 1 is 0.750 bits per heavy atom. The molecule has 2 aliphatic heterocycles. The maximum Gasteiger partial charge on any atom is 0.411 e. The van der Waals surface area contributed by atoms with Gasteiger partial charge in [-0.05, 0) is 59.9 Å². The predicted molar refractivity (Wildman–Crippen MR) is 190 cm³/mol. The fraction of sp³-hybridized carbons (Fsp3) is 0.359. The molecule has 0 spiro atoms. The van der Waals surface area contributed by atoms with Crippen molar-refractivity contribution in [2.75, 3.05) is 64.7 Å². The number of aromatic nitrogens is 1. The van der Waals surface area contributed by atoms with E-state index in [1.807, 2.05) is 86.2 Å². The van der Waals surface area contributed by atoms with Crippen molar-refractivity contribution in [2.24, 2.45) is 0 Å². The van der Waals surface area contributed by atoms with Gasteiger partial charge in [0.15, 0.2) is 0 Å². The lowest BCUT2D eigenvalue weighted by Gasteiger charge is -2.34. The van der Waals surface area contributed by atoms with Crippen LogP contribution < -0.4 is 5.32 Å². The largest absolute Gasteiger partial charge is 0.446 e. The summed E-state index contributed by atoms with van der Waals surface area (Å²) in [5, 5.41) is 2.94. The number of amides is 2. The van der Waals surface area contributed by atoms with Gasteiger partial charge in [0.1, 0.15) is 6.10 Å². The Bertz CT molecular complexity index is 1600. The minimum absolute atomic E-state index is 0.0388. The van der Waals surface area contributed by atoms with E-state index in [4.69, 9.17) is 4.74 Å². The van der Waals surface area contributed by atoms with Crippen LogP contribution in [0.15, 0.2) is 103 Å². The van der Waals surface area contributed by atoms with Crippen molar-refractivity contribution in [3.05, 3.63) is 120 Å². The van der Waals surface area contributed by atoms with Gasteiger partial charge < -0.3 is 14.5 Å². The molecule has 0 unspecified atom stereocenters. The number of para-hydroxylation sites is 1. The number of hydrogen-bond acceptors (Lipinski definition) is 7. The number of benzene rings is 3. The molecular formula is C39H46N6O3. The zero-order valence-electron chi connectivity index (χ0n) is 27.8. The van der Waals surface area contributed by atoms with E-state index in [0.29, 0.717) is 6.54 Å². The Morgan fingerprint density at radius 2 is 1.35 bits per heavy atom. The third-order valence-electron chi connectivity index (χ3n) is 9.38. The molecule has 1 aromatic heterocycles. The van der Waals surface area contributed by atoms with Crippen LogP contribution in [-0.2, 0) is 17.8 Å². The summed E-state index contributed by atoms with van der Waals surface area (Å²) < 4.78 is 5.79. The summed E-state index contributed by atoms with van der Waals surface area (Å²) in [6, 6.07) is 30.0. The number of hydrogen-bond donors (Lipinski definition) is 1. The number of likely N-dealkylation sites (tertiary alicyclic amines) is 1. The van der Waals surface area contributed by atoms with E-state index in [9.17, 15) is 9.59 Å². The number of piperazine rings is 1. The Labute approximate surface area is 284 Å². The normalized spacial score (nSPS) is 16.4. The highest BCUT2D eigenvalue weighted by Gasteiger charge is 2.24. The summed E-state index contributed by atoms with van der Waals surface area (Å²) in [5.74, 6) is 0.0388. The van der Waals surface area contributed by atoms with Crippen molar-refractivity contribution in [1.82, 2.24) is 24.6 Å². The summed E-state index contributed by atoms with van der Waals surface area (Å²) in [6.07, 6.45) is 4.71. The molecule has 250 valence electrons. The number of anilines is 1. The molecule has 2 fully saturated rings. The van der Waals surface area contributed by atoms with Gasteiger partial charge in [-0.1, -0.05) is 60.7 Å². The molecule has 6 rings (SSSR count). The lowest BCUT2D eigenvalue weighted by atomic mass is 10.0. The first-order valence-corrected chi connectivity index (χ1v) is 17.0. The first-order valence-electron chi connectivity index (χ1n) is 17.0. The molecule has 9 heteroatoms. The number of rotatable bonds is 11. The SMILES string of the molecule is CN(CCN1CCC(OC(=O)Nc2ccccc2-c2ccccc2)CC1)C(=O)c1ccc(CN2CCN(Cc3ccncc3)CC2)cc1. The molecule has 4 aromatic rings. The smallest absolute Gasteiger partial charge is 0.411 e. The molecule has 2 saturated heterocycles. The van der Waals surface area contributed by atoms with E-state index in [0.717, 1.165) is 94.1 Å². The van der Waals surface area contributed by atoms with Gasteiger partial charge in [-0.2, -0.15) is 0 Å². The zero-order valence-corrected chi connectivity index (χ0v) is 27.8. The second-order valence-electron chi connectivity index (χ2n) is 12.8. The summed E-state index contributed by atoms with van der Waals surface area (Å²) in [5.41, 5.74) is 6.00. The number of nitrogens with zero attached hydrogens (tertiary/aromatic N) is 5. The van der Waals surface area contributed by atoms with Crippen molar-refractivity contribution in [3.8, 4) is 11.1 Å². The highest BCUT2D eigenvalue weighted by atomic mass is 16.6. The van der Waals surface area contributed by atoms with Gasteiger partial charge in [-0.25, -0.2) is 4.79 Å². The highest BCUT2D eigenvalue weighted by Crippen LogP contribution is 2.28. The van der Waals surface area contributed by atoms with Crippen molar-refractivity contribution in [3.63, 3.8) is 0 Å². The molecule has 48 heavy (non-hydrogen) atoms. The quantitative estimate of drug-likeness (QED) is 0.219. The van der Waals surface area contributed by atoms with Crippen LogP contribution in [0.4, 0.5) is 10.5 Å². The second kappa shape index (κ2) is 16.5. The summed E-state index contributed by atoms with van der Waals surface area (Å²) in [6.45, 7) is 9.13. The predicted octanol–water partition coefficient (Wildman–Crippen LogP) is 5.85. The van der Waals surface area contributed by atoms with Crippen molar-refractivity contribution in [1.29, 1.82) is 0 Å². The Kier molecular flexibility index (Phi) is 11.5. The maximum absolute atomic E-state index is 13.2. The zero-order chi connectivity index (χ0) is 33.1. The lowest BCUT2D eigenvalue weighted by molar-refractivity contribution is 0.0540. The fourth-order valence-corrected chi connectivity index (χ4v) is 6.48. The lowest BCUT2D eigenvalue weighted by Crippen LogP contribution is -2.45. The number of ether oxygens (including phenoxy) is 1. The third kappa shape index (κ3) is 9.28. The molecule has 0 bridgehead atoms. The minimum atomic E-state index is -0.423. The Balaban J connectivity index is 0.884. The van der Waals surface area contributed by atoms with Gasteiger partial charge in [0.25, 0.3) is 5.91 Å². The molecule has 9 nitrogen and oxygen atoms in total. The molecule has 0 saturated carbocycles. The average molecular weight is 647 g/mol. The van der Waals surface area contributed by atoms with Crippen molar-refractivity contribution >= 4 is 17.7 Å². The number of nitrogens with one attached hydrogen (secondary N) is 1. The molecule has 0 aliphatic carbocycles. The van der Waals surface area contributed by atoms with E-state index in [1.54, 1.807) is 4.90 Å². The Hall–Kier alpha value is -4.57. The van der Waals surface area contributed by atoms with Gasteiger partial charge in [-0.3, -0.25) is 24.9 Å². The number of likely N-dealkylation sites (N-methyl/N-ethyl adjacent to an activating group) is 1. The van der Waals surface area contributed by atoms with Crippen molar-refractivity contribution in [2.45, 2.75) is 32.0 Å². The first-order chi connectivity index (χ1) is 23.5. The van der Waals surface area contributed by atoms with Gasteiger partial charge in [-0.15, -0.1) is 0 Å². The standard InChI is InChI=1S/C39H46N6O3/c1-42(38(46)34-13-11-31(12-14-34)29-44-25-27-45(28-26-44)30-32-15-19-40-20-16-32)23-24-43-21-17-35(18-22-43)48-39(47)41-37-10-6-5-9-36(37)33-7-3-2-4-8-33/h2-16,19-20,35H,17-18,21-30H2,1H3,(H,41,47). The fourth-order valence-electron chi connectivity index (χ4n) is 6.48. The van der Waals surface area contributed by atoms with Gasteiger partial charge in [0, 0.05) is 96.0 Å². The van der Waals surface area contributed by atoms with E-state index < -0.39 is 6.09 Å². The van der Waals surface area contributed by atoms with Crippen LogP contribution in [0.1, 0.15) is 34.3 Å². The van der Waals surface area contributed by atoms with Crippen LogP contribution in [0.5, 0.6) is 0 Å². The Morgan fingerprint density at radius 3 is 2.02 bits per heavy atom. The molecule has 0 radical (unpaired) electrons. The topological polar surface area (TPSA) is 81.2 Å². The van der Waals surface area contributed by atoms with E-state index >= 15 is 0 Å². The third-order valence-corrected chi connectivity index (χ3v) is 9.38. The van der Waals surface area contributed by atoms with Gasteiger partial charge >= 0.3 is 6.09 Å². The van der Waals surface area contributed by atoms with Crippen molar-refractivity contribution < 1.29 is 14.3 Å². The molecule has 2 amide bonds. The van der Waals surface area contributed by atoms with Crippen LogP contribution in [0.2, 0.25) is 0 Å². The van der Waals surface area contributed by atoms with Crippen LogP contribution >= 0.6 is 0 Å². The second-order valence-corrected chi connectivity index (χ2v) is 12.8. The van der Waals surface area contributed by atoms with E-state index in [-0.39, 0.29) is 12.0 Å². The summed E-state index contributed by atoms with van der Waals surface area (Å²) >= 11 is 0. The van der Waals surface area contributed by atoms with Crippen LogP contribution in [0, 0.1) is 0 Å². The molecule has 0 atom stereocenters. The number of pyridine rings is 1. The van der Waals surface area contributed by atoms with Crippen LogP contribution in [0.3, 0.4) is 0 Å². The number of piperidine rings is 1. The minimum Gasteiger partial charge on any atom is -0.446 e. The summed E-state index contributed by atoms with van der Waals surface area (Å²) in [7, 11) is 1.87. The molecular weight excluding hydrogens is 600 g/mol. The van der Waals surface area contributed by atoms with Crippen LogP contribution in [0.25, 0.3) is 11.1 Å². The van der Waals surface area contributed by atoms with E-state index in [2.05, 4.69) is 49.3 Å². The molecule has 3 aromatic carbocycles. The number of carbonyl (C=O) groups excluding carboxylic acids is 2. The monoisotopic (exact) mass is 646 g/mol.